The van der Waals surface area contributed by atoms with Gasteiger partial charge < -0.3 is 4.42 Å². The van der Waals surface area contributed by atoms with Gasteiger partial charge >= 0.3 is 0 Å². The van der Waals surface area contributed by atoms with Crippen molar-refractivity contribution in [3.05, 3.63) is 176 Å². The van der Waals surface area contributed by atoms with Gasteiger partial charge in [0.1, 0.15) is 16.8 Å². The predicted octanol–water partition coefficient (Wildman–Crippen LogP) is 12.9. The summed E-state index contributed by atoms with van der Waals surface area (Å²) in [5, 5.41) is 3.22. The van der Waals surface area contributed by atoms with Crippen LogP contribution in [0.5, 0.6) is 0 Å². The molecule has 0 amide bonds. The molecule has 6 nitrogen and oxygen atoms in total. The van der Waals surface area contributed by atoms with Gasteiger partial charge in [-0.2, -0.15) is 0 Å². The first-order chi connectivity index (χ1) is 27.7. The molecular formula is C49H29N5OS. The van der Waals surface area contributed by atoms with Gasteiger partial charge in [-0.25, -0.2) is 24.9 Å². The molecule has 0 N–H and O–H groups in total. The van der Waals surface area contributed by atoms with Crippen molar-refractivity contribution in [1.29, 1.82) is 0 Å². The van der Waals surface area contributed by atoms with Crippen molar-refractivity contribution < 1.29 is 4.42 Å². The van der Waals surface area contributed by atoms with Crippen LogP contribution in [0.3, 0.4) is 0 Å². The number of aromatic nitrogens is 5. The van der Waals surface area contributed by atoms with E-state index in [-0.39, 0.29) is 0 Å². The lowest BCUT2D eigenvalue weighted by atomic mass is 10.0. The molecule has 0 unspecified atom stereocenters. The quantitative estimate of drug-likeness (QED) is 0.169. The summed E-state index contributed by atoms with van der Waals surface area (Å²) >= 11 is 1.74. The Morgan fingerprint density at radius 2 is 0.929 bits per heavy atom. The van der Waals surface area contributed by atoms with Crippen LogP contribution in [0.25, 0.3) is 110 Å². The standard InChI is InChI=1S/C49H29N5OS/c1-4-13-30(14-5-1)31-23-25-34(26-24-31)47-52-46(33-17-8-3-9-18-33)53-48(54-47)35-27-28-41-39(29-35)36-20-12-21-38(45(36)56-41)49-50-42(32-15-6-2-7-16-32)44-43(51-49)37-19-10-11-22-40(37)55-44/h1-29H. The first-order valence-corrected chi connectivity index (χ1v) is 19.2. The van der Waals surface area contributed by atoms with Crippen LogP contribution < -0.4 is 0 Å². The molecular weight excluding hydrogens is 707 g/mol. The number of hydrogen-bond donors (Lipinski definition) is 0. The Bertz CT molecular complexity index is 3230. The summed E-state index contributed by atoms with van der Waals surface area (Å²) in [6, 6.07) is 60.0. The van der Waals surface area contributed by atoms with E-state index in [1.54, 1.807) is 11.3 Å². The van der Waals surface area contributed by atoms with Crippen molar-refractivity contribution in [1.82, 2.24) is 24.9 Å². The number of furan rings is 1. The van der Waals surface area contributed by atoms with Crippen molar-refractivity contribution in [3.63, 3.8) is 0 Å². The number of benzene rings is 7. The molecule has 7 heteroatoms. The van der Waals surface area contributed by atoms with Gasteiger partial charge in [-0.1, -0.05) is 140 Å². The van der Waals surface area contributed by atoms with Crippen LogP contribution in [0.15, 0.2) is 180 Å². The van der Waals surface area contributed by atoms with Crippen LogP contribution in [0.1, 0.15) is 0 Å². The van der Waals surface area contributed by atoms with Gasteiger partial charge in [-0.3, -0.25) is 0 Å². The highest BCUT2D eigenvalue weighted by Crippen LogP contribution is 2.42. The second-order valence-electron chi connectivity index (χ2n) is 13.6. The van der Waals surface area contributed by atoms with Gasteiger partial charge in [-0.05, 0) is 47.5 Å². The molecule has 262 valence electrons. The number of nitrogens with zero attached hydrogens (tertiary/aromatic N) is 5. The number of fused-ring (bicyclic) bond motifs is 6. The minimum Gasteiger partial charge on any atom is -0.452 e. The van der Waals surface area contributed by atoms with E-state index in [1.807, 2.05) is 72.8 Å². The van der Waals surface area contributed by atoms with Gasteiger partial charge in [0.2, 0.25) is 0 Å². The predicted molar refractivity (Wildman–Crippen MR) is 228 cm³/mol. The molecule has 0 bridgehead atoms. The SMILES string of the molecule is c1ccc(-c2ccc(-c3nc(-c4ccccc4)nc(-c4ccc5sc6c(-c7nc(-c8ccccc8)c8oc9ccccc9c8n7)cccc6c5c4)n3)cc2)cc1. The van der Waals surface area contributed by atoms with Crippen molar-refractivity contribution >= 4 is 53.6 Å². The molecule has 11 aromatic rings. The topological polar surface area (TPSA) is 77.6 Å². The van der Waals surface area contributed by atoms with Gasteiger partial charge in [0.15, 0.2) is 28.9 Å². The zero-order chi connectivity index (χ0) is 37.0. The van der Waals surface area contributed by atoms with E-state index in [9.17, 15) is 0 Å². The molecule has 0 saturated carbocycles. The molecule has 56 heavy (non-hydrogen) atoms. The molecule has 0 aliphatic rings. The van der Waals surface area contributed by atoms with Crippen LogP contribution in [0, 0.1) is 0 Å². The summed E-state index contributed by atoms with van der Waals surface area (Å²) < 4.78 is 8.65. The highest BCUT2D eigenvalue weighted by Gasteiger charge is 2.21. The third-order valence-electron chi connectivity index (χ3n) is 10.2. The largest absolute Gasteiger partial charge is 0.452 e. The maximum atomic E-state index is 6.38. The van der Waals surface area contributed by atoms with Gasteiger partial charge in [0, 0.05) is 53.4 Å². The summed E-state index contributed by atoms with van der Waals surface area (Å²) in [4.78, 5) is 25.5. The molecule has 0 saturated heterocycles. The molecule has 0 aliphatic carbocycles. The number of thiophene rings is 1. The highest BCUT2D eigenvalue weighted by atomic mass is 32.1. The van der Waals surface area contributed by atoms with Crippen LogP contribution in [0.2, 0.25) is 0 Å². The first-order valence-electron chi connectivity index (χ1n) is 18.4. The molecule has 0 fully saturated rings. The highest BCUT2D eigenvalue weighted by molar-refractivity contribution is 7.26. The summed E-state index contributed by atoms with van der Waals surface area (Å²) in [5.41, 5.74) is 10.1. The molecule has 0 aliphatic heterocycles. The van der Waals surface area contributed by atoms with E-state index in [2.05, 4.69) is 103 Å². The average molecular weight is 736 g/mol. The smallest absolute Gasteiger partial charge is 0.180 e. The Kier molecular flexibility index (Phi) is 7.57. The van der Waals surface area contributed by atoms with Crippen LogP contribution >= 0.6 is 11.3 Å². The van der Waals surface area contributed by atoms with Crippen LogP contribution in [-0.4, -0.2) is 24.9 Å². The lowest BCUT2D eigenvalue weighted by molar-refractivity contribution is 0.667. The first kappa shape index (κ1) is 32.1. The second kappa shape index (κ2) is 13.2. The molecule has 4 heterocycles. The van der Waals surface area contributed by atoms with Gasteiger partial charge in [-0.15, -0.1) is 11.3 Å². The molecule has 7 aromatic carbocycles. The van der Waals surface area contributed by atoms with Crippen molar-refractivity contribution in [2.45, 2.75) is 0 Å². The van der Waals surface area contributed by atoms with E-state index in [4.69, 9.17) is 29.3 Å². The Balaban J connectivity index is 1.05. The van der Waals surface area contributed by atoms with E-state index in [0.717, 1.165) is 75.7 Å². The normalized spacial score (nSPS) is 11.6. The number of hydrogen-bond acceptors (Lipinski definition) is 7. The van der Waals surface area contributed by atoms with E-state index in [0.29, 0.717) is 28.9 Å². The fraction of sp³-hybridized carbons (Fsp3) is 0. The molecule has 4 aromatic heterocycles. The lowest BCUT2D eigenvalue weighted by Gasteiger charge is -2.09. The van der Waals surface area contributed by atoms with Crippen molar-refractivity contribution in [3.8, 4) is 67.9 Å². The summed E-state index contributed by atoms with van der Waals surface area (Å²) in [6.07, 6.45) is 0. The fourth-order valence-electron chi connectivity index (χ4n) is 7.41. The number of para-hydroxylation sites is 1. The number of rotatable bonds is 6. The Hall–Kier alpha value is -7.35. The van der Waals surface area contributed by atoms with E-state index < -0.39 is 0 Å². The minimum atomic E-state index is 0.617. The van der Waals surface area contributed by atoms with E-state index in [1.165, 1.54) is 5.56 Å². The van der Waals surface area contributed by atoms with Gasteiger partial charge in [0.05, 0.1) is 0 Å². The summed E-state index contributed by atoms with van der Waals surface area (Å²) in [6.45, 7) is 0. The van der Waals surface area contributed by atoms with Crippen molar-refractivity contribution in [2.75, 3.05) is 0 Å². The Morgan fingerprint density at radius 1 is 0.375 bits per heavy atom. The fourth-order valence-corrected chi connectivity index (χ4v) is 8.60. The maximum absolute atomic E-state index is 6.38. The average Bonchev–Trinajstić information content (AvgIpc) is 3.85. The molecule has 0 spiro atoms. The maximum Gasteiger partial charge on any atom is 0.180 e. The second-order valence-corrected chi connectivity index (χ2v) is 14.7. The zero-order valence-corrected chi connectivity index (χ0v) is 30.6. The summed E-state index contributed by atoms with van der Waals surface area (Å²) in [7, 11) is 0. The minimum absolute atomic E-state index is 0.617. The van der Waals surface area contributed by atoms with Crippen LogP contribution in [0.4, 0.5) is 0 Å². The lowest BCUT2D eigenvalue weighted by Crippen LogP contribution is -2.00. The molecule has 11 rings (SSSR count). The third kappa shape index (κ3) is 5.52. The monoisotopic (exact) mass is 735 g/mol. The Morgan fingerprint density at radius 3 is 1.66 bits per heavy atom. The van der Waals surface area contributed by atoms with Crippen LogP contribution in [-0.2, 0) is 0 Å². The van der Waals surface area contributed by atoms with Gasteiger partial charge in [0.25, 0.3) is 0 Å². The molecule has 0 radical (unpaired) electrons. The third-order valence-corrected chi connectivity index (χ3v) is 11.4. The summed E-state index contributed by atoms with van der Waals surface area (Å²) in [5.74, 6) is 2.53. The van der Waals surface area contributed by atoms with E-state index >= 15 is 0 Å². The zero-order valence-electron chi connectivity index (χ0n) is 29.8. The molecule has 0 atom stereocenters. The van der Waals surface area contributed by atoms with Crippen molar-refractivity contribution in [2.24, 2.45) is 0 Å². The Labute approximate surface area is 325 Å².